The molecule has 18 heavy (non-hydrogen) atoms. The van der Waals surface area contributed by atoms with Crippen molar-refractivity contribution in [1.82, 2.24) is 0 Å². The van der Waals surface area contributed by atoms with Crippen LogP contribution in [0.25, 0.3) is 0 Å². The summed E-state index contributed by atoms with van der Waals surface area (Å²) in [5.41, 5.74) is 7.31. The first-order chi connectivity index (χ1) is 8.58. The predicted octanol–water partition coefficient (Wildman–Crippen LogP) is 2.84. The van der Waals surface area contributed by atoms with E-state index in [0.717, 1.165) is 31.4 Å². The Morgan fingerprint density at radius 2 is 2.33 bits per heavy atom. The van der Waals surface area contributed by atoms with Crippen LogP contribution < -0.4 is 11.1 Å². The number of amides is 1. The molecule has 0 aliphatic heterocycles. The van der Waals surface area contributed by atoms with E-state index in [1.54, 1.807) is 0 Å². The normalized spacial score (nSPS) is 27.1. The van der Waals surface area contributed by atoms with Crippen LogP contribution in [0, 0.1) is 12.8 Å². The Hall–Kier alpha value is -1.51. The second-order valence-electron chi connectivity index (χ2n) is 5.33. The van der Waals surface area contributed by atoms with Crippen molar-refractivity contribution in [3.63, 3.8) is 0 Å². The zero-order valence-electron chi connectivity index (χ0n) is 11.2. The second-order valence-corrected chi connectivity index (χ2v) is 5.33. The molecule has 0 saturated heterocycles. The second kappa shape index (κ2) is 5.01. The maximum Gasteiger partial charge on any atom is 0.243 e. The Balaban J connectivity index is 2.29. The van der Waals surface area contributed by atoms with E-state index in [0.29, 0.717) is 5.92 Å². The average Bonchev–Trinajstić information content (AvgIpc) is 2.73. The van der Waals surface area contributed by atoms with E-state index >= 15 is 0 Å². The van der Waals surface area contributed by atoms with Crippen molar-refractivity contribution in [2.24, 2.45) is 11.7 Å². The lowest BCUT2D eigenvalue weighted by molar-refractivity contribution is -0.123. The number of carbonyl (C=O) groups excluding carboxylic acids is 1. The van der Waals surface area contributed by atoms with Gasteiger partial charge in [-0.15, -0.1) is 0 Å². The number of carbonyl (C=O) groups is 1. The number of nitrogens with two attached hydrogens (primary N) is 1. The Morgan fingerprint density at radius 1 is 1.56 bits per heavy atom. The molecule has 1 aliphatic carbocycles. The molecule has 2 rings (SSSR count). The molecule has 3 N–H and O–H groups in total. The number of rotatable bonds is 4. The van der Waals surface area contributed by atoms with E-state index in [1.165, 1.54) is 5.56 Å². The number of hydrogen-bond donors (Lipinski definition) is 2. The Morgan fingerprint density at radius 3 is 2.94 bits per heavy atom. The first kappa shape index (κ1) is 12.9. The molecule has 1 fully saturated rings. The molecule has 98 valence electrons. The highest BCUT2D eigenvalue weighted by atomic mass is 16.1. The van der Waals surface area contributed by atoms with Crippen LogP contribution in [0.2, 0.25) is 0 Å². The van der Waals surface area contributed by atoms with Gasteiger partial charge in [0.2, 0.25) is 5.91 Å². The summed E-state index contributed by atoms with van der Waals surface area (Å²) in [6.07, 6.45) is 3.98. The van der Waals surface area contributed by atoms with Crippen molar-refractivity contribution in [1.29, 1.82) is 0 Å². The molecule has 0 heterocycles. The molecule has 1 saturated carbocycles. The summed E-state index contributed by atoms with van der Waals surface area (Å²) in [6, 6.07) is 8.12. The van der Waals surface area contributed by atoms with Crippen LogP contribution in [-0.4, -0.2) is 11.4 Å². The molecule has 0 radical (unpaired) electrons. The largest absolute Gasteiger partial charge is 0.371 e. The molecule has 0 aromatic heterocycles. The minimum absolute atomic E-state index is 0.214. The zero-order valence-corrected chi connectivity index (χ0v) is 11.2. The van der Waals surface area contributed by atoms with Gasteiger partial charge in [0.15, 0.2) is 0 Å². The quantitative estimate of drug-likeness (QED) is 0.858. The highest BCUT2D eigenvalue weighted by molar-refractivity contribution is 5.88. The summed E-state index contributed by atoms with van der Waals surface area (Å²) < 4.78 is 0. The fraction of sp³-hybridized carbons (Fsp3) is 0.533. The summed E-state index contributed by atoms with van der Waals surface area (Å²) in [5.74, 6) is 0.129. The maximum atomic E-state index is 11.9. The number of nitrogens with one attached hydrogen (secondary N) is 1. The van der Waals surface area contributed by atoms with Gasteiger partial charge in [0, 0.05) is 5.69 Å². The lowest BCUT2D eigenvalue weighted by Gasteiger charge is -2.34. The van der Waals surface area contributed by atoms with Crippen LogP contribution in [0.3, 0.4) is 0 Å². The first-order valence-electron chi connectivity index (χ1n) is 6.73. The van der Waals surface area contributed by atoms with Crippen molar-refractivity contribution in [2.45, 2.75) is 45.1 Å². The van der Waals surface area contributed by atoms with Gasteiger partial charge in [0.05, 0.1) is 0 Å². The van der Waals surface area contributed by atoms with Gasteiger partial charge >= 0.3 is 0 Å². The van der Waals surface area contributed by atoms with Crippen molar-refractivity contribution in [3.05, 3.63) is 29.8 Å². The summed E-state index contributed by atoms with van der Waals surface area (Å²) in [5, 5.41) is 3.42. The molecule has 0 spiro atoms. The molecule has 2 unspecified atom stereocenters. The fourth-order valence-corrected chi connectivity index (χ4v) is 3.16. The van der Waals surface area contributed by atoms with Crippen LogP contribution in [0.5, 0.6) is 0 Å². The van der Waals surface area contributed by atoms with Gasteiger partial charge in [0.25, 0.3) is 0 Å². The van der Waals surface area contributed by atoms with E-state index in [2.05, 4.69) is 18.3 Å². The Labute approximate surface area is 109 Å². The standard InChI is InChI=1S/C15H22N2O/c1-3-12-7-5-9-15(12,14(16)18)17-13-8-4-6-11(2)10-13/h4,6,8,10,12,17H,3,5,7,9H2,1-2H3,(H2,16,18). The molecule has 0 bridgehead atoms. The van der Waals surface area contributed by atoms with Crippen molar-refractivity contribution < 1.29 is 4.79 Å². The van der Waals surface area contributed by atoms with Gasteiger partial charge in [-0.2, -0.15) is 0 Å². The topological polar surface area (TPSA) is 55.1 Å². The smallest absolute Gasteiger partial charge is 0.243 e. The molecule has 1 aromatic rings. The van der Waals surface area contributed by atoms with Gasteiger partial charge in [-0.3, -0.25) is 4.79 Å². The van der Waals surface area contributed by atoms with Crippen LogP contribution in [0.4, 0.5) is 5.69 Å². The number of aryl methyl sites for hydroxylation is 1. The SMILES string of the molecule is CCC1CCCC1(Nc1cccc(C)c1)C(N)=O. The minimum atomic E-state index is -0.553. The third-order valence-electron chi connectivity index (χ3n) is 4.14. The molecule has 1 aromatic carbocycles. The molecule has 1 aliphatic rings. The van der Waals surface area contributed by atoms with Gasteiger partial charge in [-0.25, -0.2) is 0 Å². The van der Waals surface area contributed by atoms with Gasteiger partial charge in [0.1, 0.15) is 5.54 Å². The van der Waals surface area contributed by atoms with Gasteiger partial charge < -0.3 is 11.1 Å². The third-order valence-corrected chi connectivity index (χ3v) is 4.14. The summed E-state index contributed by atoms with van der Waals surface area (Å²) in [4.78, 5) is 11.9. The predicted molar refractivity (Wildman–Crippen MR) is 74.4 cm³/mol. The van der Waals surface area contributed by atoms with Gasteiger partial charge in [-0.05, 0) is 43.4 Å². The van der Waals surface area contributed by atoms with E-state index in [9.17, 15) is 4.79 Å². The highest BCUT2D eigenvalue weighted by Crippen LogP contribution is 2.40. The lowest BCUT2D eigenvalue weighted by atomic mass is 9.84. The van der Waals surface area contributed by atoms with Crippen molar-refractivity contribution in [2.75, 3.05) is 5.32 Å². The number of primary amides is 1. The first-order valence-corrected chi connectivity index (χ1v) is 6.73. The summed E-state index contributed by atoms with van der Waals surface area (Å²) in [6.45, 7) is 4.18. The fourth-order valence-electron chi connectivity index (χ4n) is 3.16. The van der Waals surface area contributed by atoms with Crippen LogP contribution in [-0.2, 0) is 4.79 Å². The van der Waals surface area contributed by atoms with Crippen LogP contribution in [0.1, 0.15) is 38.2 Å². The molecule has 2 atom stereocenters. The highest BCUT2D eigenvalue weighted by Gasteiger charge is 2.46. The molecular weight excluding hydrogens is 224 g/mol. The van der Waals surface area contributed by atoms with E-state index in [4.69, 9.17) is 5.73 Å². The number of anilines is 1. The van der Waals surface area contributed by atoms with Crippen LogP contribution >= 0.6 is 0 Å². The molecular formula is C15H22N2O. The maximum absolute atomic E-state index is 11.9. The lowest BCUT2D eigenvalue weighted by Crippen LogP contribution is -2.53. The molecule has 3 nitrogen and oxygen atoms in total. The Kier molecular flexibility index (Phi) is 3.60. The Bertz CT molecular complexity index is 444. The van der Waals surface area contributed by atoms with E-state index in [-0.39, 0.29) is 5.91 Å². The summed E-state index contributed by atoms with van der Waals surface area (Å²) >= 11 is 0. The average molecular weight is 246 g/mol. The summed E-state index contributed by atoms with van der Waals surface area (Å²) in [7, 11) is 0. The van der Waals surface area contributed by atoms with Crippen molar-refractivity contribution >= 4 is 11.6 Å². The van der Waals surface area contributed by atoms with E-state index < -0.39 is 5.54 Å². The molecule has 3 heteroatoms. The molecule has 1 amide bonds. The third kappa shape index (κ3) is 2.22. The van der Waals surface area contributed by atoms with Gasteiger partial charge in [-0.1, -0.05) is 31.9 Å². The number of hydrogen-bond acceptors (Lipinski definition) is 2. The number of benzene rings is 1. The monoisotopic (exact) mass is 246 g/mol. The minimum Gasteiger partial charge on any atom is -0.371 e. The van der Waals surface area contributed by atoms with E-state index in [1.807, 2.05) is 25.1 Å². The van der Waals surface area contributed by atoms with Crippen LogP contribution in [0.15, 0.2) is 24.3 Å². The van der Waals surface area contributed by atoms with Crippen molar-refractivity contribution in [3.8, 4) is 0 Å². The zero-order chi connectivity index (χ0) is 13.2.